The van der Waals surface area contributed by atoms with Crippen molar-refractivity contribution >= 4 is 11.3 Å². The highest BCUT2D eigenvalue weighted by Crippen LogP contribution is 1.97. The Kier molecular flexibility index (Phi) is 4.82. The molecule has 0 aromatic heterocycles. The molecule has 0 aromatic rings. The van der Waals surface area contributed by atoms with Crippen molar-refractivity contribution < 1.29 is 8.76 Å². The predicted octanol–water partition coefficient (Wildman–Crippen LogP) is -1.38. The highest BCUT2D eigenvalue weighted by atomic mass is 32.2. The van der Waals surface area contributed by atoms with Crippen LogP contribution < -0.4 is 4.72 Å². The third-order valence-electron chi connectivity index (χ3n) is 2.24. The molecular formula is C7H16N3O2S-. The molecule has 0 aliphatic carbocycles. The van der Waals surface area contributed by atoms with Crippen molar-refractivity contribution in [3.8, 4) is 0 Å². The maximum atomic E-state index is 10.2. The van der Waals surface area contributed by atoms with Gasteiger partial charge in [0.25, 0.3) is 0 Å². The number of hydrogen-bond acceptors (Lipinski definition) is 4. The SMILES string of the molecule is CN1CCN(CCNS(=O)[O-])CC1. The lowest BCUT2D eigenvalue weighted by Crippen LogP contribution is -2.46. The molecule has 1 N–H and O–H groups in total. The fraction of sp³-hybridized carbons (Fsp3) is 1.00. The fourth-order valence-electron chi connectivity index (χ4n) is 1.36. The second-order valence-electron chi connectivity index (χ2n) is 3.27. The quantitative estimate of drug-likeness (QED) is 0.576. The predicted molar refractivity (Wildman–Crippen MR) is 50.9 cm³/mol. The van der Waals surface area contributed by atoms with E-state index in [0.717, 1.165) is 32.7 Å². The summed E-state index contributed by atoms with van der Waals surface area (Å²) in [5, 5.41) is 0. The molecule has 0 bridgehead atoms. The fourth-order valence-corrected chi connectivity index (χ4v) is 1.62. The van der Waals surface area contributed by atoms with E-state index >= 15 is 0 Å². The Hall–Kier alpha value is -0.0100. The van der Waals surface area contributed by atoms with Gasteiger partial charge in [0.2, 0.25) is 0 Å². The van der Waals surface area contributed by atoms with Crippen LogP contribution in [0, 0.1) is 0 Å². The zero-order valence-corrected chi connectivity index (χ0v) is 8.68. The van der Waals surface area contributed by atoms with Crippen LogP contribution in [-0.2, 0) is 11.3 Å². The van der Waals surface area contributed by atoms with Gasteiger partial charge >= 0.3 is 0 Å². The molecule has 1 saturated heterocycles. The van der Waals surface area contributed by atoms with Crippen LogP contribution in [0.25, 0.3) is 0 Å². The molecule has 1 unspecified atom stereocenters. The summed E-state index contributed by atoms with van der Waals surface area (Å²) in [6.45, 7) is 5.52. The van der Waals surface area contributed by atoms with Crippen molar-refractivity contribution in [2.45, 2.75) is 0 Å². The van der Waals surface area contributed by atoms with Gasteiger partial charge in [-0.05, 0) is 7.05 Å². The van der Waals surface area contributed by atoms with Crippen LogP contribution in [-0.4, -0.2) is 64.9 Å². The maximum Gasteiger partial charge on any atom is 0.0199 e. The van der Waals surface area contributed by atoms with E-state index in [1.807, 2.05) is 0 Å². The second kappa shape index (κ2) is 5.66. The smallest absolute Gasteiger partial charge is 0.0199 e. The summed E-state index contributed by atoms with van der Waals surface area (Å²) in [5.41, 5.74) is 0. The summed E-state index contributed by atoms with van der Waals surface area (Å²) in [6, 6.07) is 0. The van der Waals surface area contributed by atoms with Crippen molar-refractivity contribution in [2.24, 2.45) is 0 Å². The van der Waals surface area contributed by atoms with Gasteiger partial charge in [0.15, 0.2) is 0 Å². The molecule has 0 amide bonds. The standard InChI is InChI=1S/C7H17N3O2S/c1-9-4-6-10(7-5-9)3-2-8-13(11)12/h8H,2-7H2,1H3,(H,11,12)/p-1. The summed E-state index contributed by atoms with van der Waals surface area (Å²) in [5.74, 6) is 0. The van der Waals surface area contributed by atoms with Crippen LogP contribution in [0.3, 0.4) is 0 Å². The van der Waals surface area contributed by atoms with Crippen LogP contribution in [0.15, 0.2) is 0 Å². The Morgan fingerprint density at radius 3 is 2.54 bits per heavy atom. The molecule has 0 spiro atoms. The lowest BCUT2D eigenvalue weighted by molar-refractivity contribution is 0.156. The number of hydrogen-bond donors (Lipinski definition) is 1. The second-order valence-corrected chi connectivity index (χ2v) is 4.03. The van der Waals surface area contributed by atoms with Gasteiger partial charge in [0.05, 0.1) is 0 Å². The zero-order valence-electron chi connectivity index (χ0n) is 7.86. The topological polar surface area (TPSA) is 58.6 Å². The Morgan fingerprint density at radius 1 is 1.38 bits per heavy atom. The van der Waals surface area contributed by atoms with E-state index in [0.29, 0.717) is 6.54 Å². The summed E-state index contributed by atoms with van der Waals surface area (Å²) >= 11 is -2.11. The zero-order chi connectivity index (χ0) is 9.68. The molecule has 1 rings (SSSR count). The van der Waals surface area contributed by atoms with Crippen LogP contribution >= 0.6 is 0 Å². The van der Waals surface area contributed by atoms with Crippen molar-refractivity contribution in [2.75, 3.05) is 46.3 Å². The normalized spacial score (nSPS) is 23.2. The van der Waals surface area contributed by atoms with E-state index in [9.17, 15) is 8.76 Å². The number of piperazine rings is 1. The van der Waals surface area contributed by atoms with Gasteiger partial charge in [-0.2, -0.15) is 0 Å². The lowest BCUT2D eigenvalue weighted by atomic mass is 10.3. The van der Waals surface area contributed by atoms with Crippen molar-refractivity contribution in [3.63, 3.8) is 0 Å². The molecule has 78 valence electrons. The van der Waals surface area contributed by atoms with Crippen LogP contribution in [0.4, 0.5) is 0 Å². The molecule has 5 nitrogen and oxygen atoms in total. The molecule has 1 atom stereocenters. The Morgan fingerprint density at radius 2 is 2.00 bits per heavy atom. The Bertz CT molecular complexity index is 171. The molecule has 6 heteroatoms. The van der Waals surface area contributed by atoms with Crippen molar-refractivity contribution in [3.05, 3.63) is 0 Å². The van der Waals surface area contributed by atoms with Crippen molar-refractivity contribution in [1.29, 1.82) is 0 Å². The molecule has 1 aliphatic rings. The van der Waals surface area contributed by atoms with Crippen LogP contribution in [0.5, 0.6) is 0 Å². The first-order chi connectivity index (χ1) is 6.18. The molecule has 13 heavy (non-hydrogen) atoms. The largest absolute Gasteiger partial charge is 0.760 e. The molecule has 0 saturated carbocycles. The van der Waals surface area contributed by atoms with E-state index in [2.05, 4.69) is 21.6 Å². The van der Waals surface area contributed by atoms with Gasteiger partial charge in [-0.1, -0.05) is 0 Å². The van der Waals surface area contributed by atoms with E-state index in [1.54, 1.807) is 0 Å². The average Bonchev–Trinajstić information content (AvgIpc) is 2.08. The third kappa shape index (κ3) is 4.68. The van der Waals surface area contributed by atoms with E-state index < -0.39 is 11.3 Å². The summed E-state index contributed by atoms with van der Waals surface area (Å²) < 4.78 is 22.7. The molecule has 1 aliphatic heterocycles. The molecule has 0 radical (unpaired) electrons. The minimum atomic E-state index is -2.11. The van der Waals surface area contributed by atoms with Gasteiger partial charge in [0.1, 0.15) is 0 Å². The number of nitrogens with zero attached hydrogens (tertiary/aromatic N) is 2. The highest BCUT2D eigenvalue weighted by Gasteiger charge is 2.12. The summed E-state index contributed by atoms with van der Waals surface area (Å²) in [7, 11) is 2.10. The average molecular weight is 206 g/mol. The maximum absolute atomic E-state index is 10.2. The Labute approximate surface area is 81.5 Å². The lowest BCUT2D eigenvalue weighted by Gasteiger charge is -2.32. The third-order valence-corrected chi connectivity index (χ3v) is 2.68. The first kappa shape index (κ1) is 11.1. The minimum Gasteiger partial charge on any atom is -0.760 e. The molecule has 0 aromatic carbocycles. The van der Waals surface area contributed by atoms with Gasteiger partial charge in [0, 0.05) is 50.5 Å². The molecular weight excluding hydrogens is 190 g/mol. The Balaban J connectivity index is 2.05. The summed E-state index contributed by atoms with van der Waals surface area (Å²) in [4.78, 5) is 4.54. The van der Waals surface area contributed by atoms with E-state index in [4.69, 9.17) is 0 Å². The number of nitrogens with one attached hydrogen (secondary N) is 1. The van der Waals surface area contributed by atoms with Gasteiger partial charge in [-0.25, -0.2) is 4.72 Å². The van der Waals surface area contributed by atoms with Gasteiger partial charge < -0.3 is 9.45 Å². The minimum absolute atomic E-state index is 0.514. The monoisotopic (exact) mass is 206 g/mol. The first-order valence-electron chi connectivity index (χ1n) is 4.42. The number of likely N-dealkylation sites (N-methyl/N-ethyl adjacent to an activating group) is 1. The van der Waals surface area contributed by atoms with Crippen LogP contribution in [0.2, 0.25) is 0 Å². The van der Waals surface area contributed by atoms with E-state index in [1.165, 1.54) is 0 Å². The van der Waals surface area contributed by atoms with Gasteiger partial charge in [-0.3, -0.25) is 9.11 Å². The molecule has 1 heterocycles. The summed E-state index contributed by atoms with van der Waals surface area (Å²) in [6.07, 6.45) is 0. The van der Waals surface area contributed by atoms with Crippen molar-refractivity contribution in [1.82, 2.24) is 14.5 Å². The van der Waals surface area contributed by atoms with Gasteiger partial charge in [-0.15, -0.1) is 0 Å². The molecule has 1 fully saturated rings. The van der Waals surface area contributed by atoms with E-state index in [-0.39, 0.29) is 0 Å². The first-order valence-corrected chi connectivity index (χ1v) is 5.49. The highest BCUT2D eigenvalue weighted by molar-refractivity contribution is 7.77. The number of rotatable bonds is 4. The van der Waals surface area contributed by atoms with Crippen LogP contribution in [0.1, 0.15) is 0 Å².